The molecular weight excluding hydrogens is 544 g/mol. The average Bonchev–Trinajstić information content (AvgIpc) is 3.07. The molecule has 0 aliphatic heterocycles. The zero-order chi connectivity index (χ0) is 30.2. The Hall–Kier alpha value is -5.18. The van der Waals surface area contributed by atoms with Gasteiger partial charge in [0.05, 0.1) is 33.9 Å². The minimum absolute atomic E-state index is 0.494. The Balaban J connectivity index is 1.37. The van der Waals surface area contributed by atoms with Gasteiger partial charge >= 0.3 is 0 Å². The van der Waals surface area contributed by atoms with E-state index in [4.69, 9.17) is 21.4 Å². The quantitative estimate of drug-likeness (QED) is 0.220. The van der Waals surface area contributed by atoms with Gasteiger partial charge in [0.2, 0.25) is 0 Å². The first-order valence-corrected chi connectivity index (χ1v) is 14.6. The van der Waals surface area contributed by atoms with Gasteiger partial charge in [0.15, 0.2) is 0 Å². The van der Waals surface area contributed by atoms with E-state index in [0.717, 1.165) is 34.2 Å². The van der Waals surface area contributed by atoms with E-state index in [0.29, 0.717) is 37.1 Å². The molecule has 4 N–H and O–H groups in total. The molecule has 0 aliphatic carbocycles. The van der Waals surface area contributed by atoms with Gasteiger partial charge in [0, 0.05) is 73.2 Å². The number of rotatable bonds is 11. The largest absolute Gasteiger partial charge is 0.319 e. The SMILES string of the molecule is NC(Cc1ccccn1)(Cc1ccccn1)c1cccc(-c2cccc(C(N)(Cc3ccccn3)Cc3ccccn3)n2)n1. The van der Waals surface area contributed by atoms with Crippen molar-refractivity contribution in [3.05, 3.63) is 168 Å². The summed E-state index contributed by atoms with van der Waals surface area (Å²) in [5, 5.41) is 0. The van der Waals surface area contributed by atoms with Crippen molar-refractivity contribution in [3.8, 4) is 11.4 Å². The molecule has 8 heteroatoms. The molecule has 0 radical (unpaired) electrons. The predicted octanol–water partition coefficient (Wildman–Crippen LogP) is 5.00. The Labute approximate surface area is 257 Å². The van der Waals surface area contributed by atoms with Gasteiger partial charge in [-0.1, -0.05) is 36.4 Å². The number of nitrogens with zero attached hydrogens (tertiary/aromatic N) is 6. The van der Waals surface area contributed by atoms with Gasteiger partial charge in [-0.3, -0.25) is 19.9 Å². The third-order valence-electron chi connectivity index (χ3n) is 7.67. The maximum atomic E-state index is 7.20. The number of aromatic nitrogens is 6. The molecule has 0 fully saturated rings. The fourth-order valence-corrected chi connectivity index (χ4v) is 5.50. The highest BCUT2D eigenvalue weighted by atomic mass is 14.9. The van der Waals surface area contributed by atoms with Gasteiger partial charge in [-0.25, -0.2) is 9.97 Å². The van der Waals surface area contributed by atoms with Crippen LogP contribution in [0.2, 0.25) is 0 Å². The normalized spacial score (nSPS) is 11.8. The summed E-state index contributed by atoms with van der Waals surface area (Å²) in [6.45, 7) is 0. The molecule has 0 aliphatic rings. The summed E-state index contributed by atoms with van der Waals surface area (Å²) >= 11 is 0. The minimum atomic E-state index is -0.855. The van der Waals surface area contributed by atoms with Gasteiger partial charge in [0.25, 0.3) is 0 Å². The number of hydrogen-bond donors (Lipinski definition) is 2. The van der Waals surface area contributed by atoms with Gasteiger partial charge in [-0.05, 0) is 72.8 Å². The molecule has 0 atom stereocenters. The molecule has 44 heavy (non-hydrogen) atoms. The second kappa shape index (κ2) is 13.0. The van der Waals surface area contributed by atoms with Crippen LogP contribution >= 0.6 is 0 Å². The second-order valence-electron chi connectivity index (χ2n) is 11.1. The first-order valence-electron chi connectivity index (χ1n) is 14.6. The van der Waals surface area contributed by atoms with E-state index in [2.05, 4.69) is 19.9 Å². The molecule has 0 bridgehead atoms. The molecule has 6 rings (SSSR count). The zero-order valence-corrected chi connectivity index (χ0v) is 24.4. The highest BCUT2D eigenvalue weighted by Crippen LogP contribution is 2.30. The second-order valence-corrected chi connectivity index (χ2v) is 11.1. The van der Waals surface area contributed by atoms with Crippen LogP contribution in [0.25, 0.3) is 11.4 Å². The Morgan fingerprint density at radius 1 is 0.386 bits per heavy atom. The number of pyridine rings is 6. The molecule has 6 heterocycles. The summed E-state index contributed by atoms with van der Waals surface area (Å²) in [5.74, 6) is 0. The third-order valence-corrected chi connectivity index (χ3v) is 7.67. The number of hydrogen-bond acceptors (Lipinski definition) is 8. The Morgan fingerprint density at radius 2 is 0.705 bits per heavy atom. The predicted molar refractivity (Wildman–Crippen MR) is 171 cm³/mol. The molecule has 0 saturated carbocycles. The van der Waals surface area contributed by atoms with Crippen molar-refractivity contribution >= 4 is 0 Å². The van der Waals surface area contributed by atoms with Crippen LogP contribution in [0, 0.1) is 0 Å². The third kappa shape index (κ3) is 6.89. The standard InChI is InChI=1S/C36H34N8/c37-35(23-27-11-1-5-19-39-27,24-28-12-2-6-20-40-28)33-17-9-15-31(43-33)32-16-10-18-34(44-32)36(38,25-29-13-3-7-21-41-29)26-30-14-4-8-22-42-30/h1-22H,23-26,37-38H2. The van der Waals surface area contributed by atoms with Gasteiger partial charge < -0.3 is 11.5 Å². The van der Waals surface area contributed by atoms with Crippen LogP contribution < -0.4 is 11.5 Å². The lowest BCUT2D eigenvalue weighted by Gasteiger charge is -2.30. The van der Waals surface area contributed by atoms with Crippen LogP contribution in [-0.4, -0.2) is 29.9 Å². The first-order chi connectivity index (χ1) is 21.5. The molecule has 6 aromatic rings. The Kier molecular flexibility index (Phi) is 8.54. The summed E-state index contributed by atoms with van der Waals surface area (Å²) < 4.78 is 0. The highest BCUT2D eigenvalue weighted by molar-refractivity contribution is 5.55. The monoisotopic (exact) mass is 578 g/mol. The van der Waals surface area contributed by atoms with E-state index in [1.54, 1.807) is 24.8 Å². The van der Waals surface area contributed by atoms with Crippen molar-refractivity contribution in [1.29, 1.82) is 0 Å². The molecule has 0 spiro atoms. The lowest BCUT2D eigenvalue weighted by atomic mass is 9.84. The van der Waals surface area contributed by atoms with E-state index >= 15 is 0 Å². The Morgan fingerprint density at radius 3 is 0.977 bits per heavy atom. The van der Waals surface area contributed by atoms with Crippen molar-refractivity contribution < 1.29 is 0 Å². The first kappa shape index (κ1) is 28.9. The average molecular weight is 579 g/mol. The highest BCUT2D eigenvalue weighted by Gasteiger charge is 2.33. The molecule has 0 saturated heterocycles. The molecule has 0 unspecified atom stereocenters. The van der Waals surface area contributed by atoms with Gasteiger partial charge in [-0.15, -0.1) is 0 Å². The smallest absolute Gasteiger partial charge is 0.0890 e. The van der Waals surface area contributed by atoms with Crippen LogP contribution in [0.1, 0.15) is 34.2 Å². The Bertz CT molecular complexity index is 1560. The van der Waals surface area contributed by atoms with Crippen molar-refractivity contribution in [2.24, 2.45) is 11.5 Å². The van der Waals surface area contributed by atoms with Crippen LogP contribution in [0.3, 0.4) is 0 Å². The van der Waals surface area contributed by atoms with E-state index < -0.39 is 11.1 Å². The van der Waals surface area contributed by atoms with E-state index in [9.17, 15) is 0 Å². The molecule has 8 nitrogen and oxygen atoms in total. The summed E-state index contributed by atoms with van der Waals surface area (Å²) in [6.07, 6.45) is 9.11. The van der Waals surface area contributed by atoms with Gasteiger partial charge in [0.1, 0.15) is 0 Å². The van der Waals surface area contributed by atoms with Crippen LogP contribution in [0.15, 0.2) is 134 Å². The van der Waals surface area contributed by atoms with Crippen molar-refractivity contribution in [1.82, 2.24) is 29.9 Å². The minimum Gasteiger partial charge on any atom is -0.319 e. The summed E-state index contributed by atoms with van der Waals surface area (Å²) in [6, 6.07) is 35.2. The number of nitrogens with two attached hydrogens (primary N) is 2. The molecular formula is C36H34N8. The zero-order valence-electron chi connectivity index (χ0n) is 24.4. The lowest BCUT2D eigenvalue weighted by molar-refractivity contribution is 0.414. The summed E-state index contributed by atoms with van der Waals surface area (Å²) in [5.41, 5.74) is 19.1. The summed E-state index contributed by atoms with van der Waals surface area (Å²) in [7, 11) is 0. The fraction of sp³-hybridized carbons (Fsp3) is 0.167. The summed E-state index contributed by atoms with van der Waals surface area (Å²) in [4.78, 5) is 28.4. The molecule has 218 valence electrons. The maximum Gasteiger partial charge on any atom is 0.0890 e. The van der Waals surface area contributed by atoms with Crippen molar-refractivity contribution in [2.45, 2.75) is 36.8 Å². The molecule has 0 amide bonds. The fourth-order valence-electron chi connectivity index (χ4n) is 5.50. The van der Waals surface area contributed by atoms with Gasteiger partial charge in [-0.2, -0.15) is 0 Å². The van der Waals surface area contributed by atoms with Crippen LogP contribution in [-0.2, 0) is 36.8 Å². The van der Waals surface area contributed by atoms with E-state index in [1.165, 1.54) is 0 Å². The van der Waals surface area contributed by atoms with E-state index in [-0.39, 0.29) is 0 Å². The lowest BCUT2D eigenvalue weighted by Crippen LogP contribution is -2.43. The topological polar surface area (TPSA) is 129 Å². The maximum absolute atomic E-state index is 7.20. The molecule has 6 aromatic heterocycles. The van der Waals surface area contributed by atoms with Crippen molar-refractivity contribution in [3.63, 3.8) is 0 Å². The van der Waals surface area contributed by atoms with E-state index in [1.807, 2.05) is 109 Å². The van der Waals surface area contributed by atoms with Crippen LogP contribution in [0.4, 0.5) is 0 Å². The van der Waals surface area contributed by atoms with Crippen molar-refractivity contribution in [2.75, 3.05) is 0 Å². The van der Waals surface area contributed by atoms with Crippen LogP contribution in [0.5, 0.6) is 0 Å². The molecule has 0 aromatic carbocycles.